The molecule has 0 saturated carbocycles. The maximum absolute atomic E-state index is 17.2. The molecule has 46 heavy (non-hydrogen) atoms. The van der Waals surface area contributed by atoms with Crippen molar-refractivity contribution in [2.75, 3.05) is 44.3 Å². The van der Waals surface area contributed by atoms with Crippen LogP contribution in [-0.4, -0.2) is 65.1 Å². The van der Waals surface area contributed by atoms with Crippen LogP contribution >= 0.6 is 34.7 Å². The van der Waals surface area contributed by atoms with Crippen LogP contribution in [0.15, 0.2) is 17.0 Å². The molecule has 0 amide bonds. The molecule has 6 heterocycles. The Morgan fingerprint density at radius 1 is 1.20 bits per heavy atom. The van der Waals surface area contributed by atoms with E-state index in [9.17, 15) is 14.0 Å². The van der Waals surface area contributed by atoms with E-state index in [-0.39, 0.29) is 60.9 Å². The van der Waals surface area contributed by atoms with Crippen LogP contribution < -0.4 is 15.8 Å². The first-order valence-electron chi connectivity index (χ1n) is 15.8. The van der Waals surface area contributed by atoms with Gasteiger partial charge in [0.2, 0.25) is 0 Å². The van der Waals surface area contributed by atoms with Crippen LogP contribution in [0, 0.1) is 28.9 Å². The monoisotopic (exact) mass is 684 g/mol. The minimum absolute atomic E-state index is 0.0449. The summed E-state index contributed by atoms with van der Waals surface area (Å²) in [7, 11) is 0. The number of nitrogens with zero attached hydrogens (tertiary/aromatic N) is 4. The highest BCUT2D eigenvalue weighted by Crippen LogP contribution is 2.52. The number of nitrogens with two attached hydrogens (primary N) is 1. The second-order valence-electron chi connectivity index (χ2n) is 12.9. The Hall–Kier alpha value is -2.82. The molecule has 240 valence electrons. The van der Waals surface area contributed by atoms with Gasteiger partial charge in [-0.15, -0.1) is 23.1 Å². The number of thiophene rings is 1. The van der Waals surface area contributed by atoms with Crippen molar-refractivity contribution in [2.45, 2.75) is 61.0 Å². The fraction of sp³-hybridized carbons (Fsp3) is 0.485. The Morgan fingerprint density at radius 2 is 2.02 bits per heavy atom. The van der Waals surface area contributed by atoms with Gasteiger partial charge < -0.3 is 15.8 Å². The molecule has 4 aliphatic heterocycles. The number of benzene rings is 2. The summed E-state index contributed by atoms with van der Waals surface area (Å²) < 4.78 is 53.2. The van der Waals surface area contributed by atoms with Gasteiger partial charge >= 0.3 is 6.01 Å². The molecule has 2 unspecified atom stereocenters. The van der Waals surface area contributed by atoms with Gasteiger partial charge in [0.15, 0.2) is 5.82 Å². The van der Waals surface area contributed by atoms with E-state index in [0.29, 0.717) is 29.2 Å². The average Bonchev–Trinajstić information content (AvgIpc) is 3.65. The SMILES string of the molecule is N#Cc1c(N)sc2c(F)ccc(-c3c(Cl)c4c5c(nc(OCC67CCCN6C[C@H](F)C7)nc5c3F)C(C3CCNCC3)CCS4)c12. The highest BCUT2D eigenvalue weighted by molar-refractivity contribution is 7.99. The standard InChI is InChI=1S/C33H32ClF3N6OS2/c34-25-23(19-2-3-21(36)29-22(19)20(13-38)31(39)46-29)26(37)28-24-27(18(6-11-45-30(24)25)16-4-8-40-9-5-16)41-32(42-28)44-15-33-7-1-10-43(33)14-17(35)12-33/h2-3,16-18,40H,1,4-12,14-15,39H2/t17-,18?,33?/m1/s1. The van der Waals surface area contributed by atoms with E-state index >= 15 is 4.39 Å². The van der Waals surface area contributed by atoms with Crippen molar-refractivity contribution in [2.24, 2.45) is 5.92 Å². The molecule has 3 saturated heterocycles. The van der Waals surface area contributed by atoms with Crippen LogP contribution in [0.4, 0.5) is 18.2 Å². The van der Waals surface area contributed by atoms with Gasteiger partial charge in [-0.1, -0.05) is 17.7 Å². The summed E-state index contributed by atoms with van der Waals surface area (Å²) in [5, 5.41) is 14.5. The topological polar surface area (TPSA) is 100 Å². The van der Waals surface area contributed by atoms with Crippen LogP contribution in [-0.2, 0) is 0 Å². The zero-order valence-electron chi connectivity index (χ0n) is 25.0. The lowest BCUT2D eigenvalue weighted by molar-refractivity contribution is 0.107. The molecule has 13 heteroatoms. The Balaban J connectivity index is 1.34. The van der Waals surface area contributed by atoms with Crippen molar-refractivity contribution < 1.29 is 17.9 Å². The number of anilines is 1. The molecule has 4 aliphatic rings. The number of nitrogens with one attached hydrogen (secondary N) is 1. The molecule has 3 N–H and O–H groups in total. The third-order valence-electron chi connectivity index (χ3n) is 10.4. The molecule has 2 aromatic heterocycles. The van der Waals surface area contributed by atoms with E-state index in [4.69, 9.17) is 32.0 Å². The van der Waals surface area contributed by atoms with Gasteiger partial charge in [0.25, 0.3) is 0 Å². The van der Waals surface area contributed by atoms with Crippen molar-refractivity contribution in [3.63, 3.8) is 0 Å². The van der Waals surface area contributed by atoms with E-state index in [1.807, 2.05) is 0 Å². The molecule has 7 nitrogen and oxygen atoms in total. The van der Waals surface area contributed by atoms with E-state index in [2.05, 4.69) is 16.3 Å². The quantitative estimate of drug-likeness (QED) is 0.224. The maximum Gasteiger partial charge on any atom is 0.317 e. The van der Waals surface area contributed by atoms with Crippen LogP contribution in [0.25, 0.3) is 32.1 Å². The van der Waals surface area contributed by atoms with Crippen LogP contribution in [0.2, 0.25) is 5.02 Å². The number of fused-ring (bicyclic) bond motifs is 2. The van der Waals surface area contributed by atoms with Crippen LogP contribution in [0.1, 0.15) is 55.7 Å². The van der Waals surface area contributed by atoms with E-state index in [0.717, 1.165) is 74.5 Å². The van der Waals surface area contributed by atoms with Gasteiger partial charge in [-0.2, -0.15) is 15.2 Å². The van der Waals surface area contributed by atoms with E-state index < -0.39 is 23.3 Å². The number of nitrogen functional groups attached to an aromatic ring is 1. The van der Waals surface area contributed by atoms with Gasteiger partial charge in [-0.05, 0) is 75.0 Å². The van der Waals surface area contributed by atoms with E-state index in [1.54, 1.807) is 11.8 Å². The molecular weight excluding hydrogens is 653 g/mol. The Kier molecular flexibility index (Phi) is 7.76. The second-order valence-corrected chi connectivity index (χ2v) is 15.4. The fourth-order valence-corrected chi connectivity index (χ4v) is 10.8. The lowest BCUT2D eigenvalue weighted by Crippen LogP contribution is -2.43. The van der Waals surface area contributed by atoms with Crippen molar-refractivity contribution in [1.82, 2.24) is 20.2 Å². The second kappa shape index (κ2) is 11.7. The predicted molar refractivity (Wildman–Crippen MR) is 177 cm³/mol. The number of thioether (sulfide) groups is 1. The number of halogens is 4. The summed E-state index contributed by atoms with van der Waals surface area (Å²) in [6.45, 7) is 3.25. The van der Waals surface area contributed by atoms with Gasteiger partial charge in [-0.3, -0.25) is 4.90 Å². The summed E-state index contributed by atoms with van der Waals surface area (Å²) in [5.41, 5.74) is 6.93. The summed E-state index contributed by atoms with van der Waals surface area (Å²) in [5.74, 6) is -0.0994. The molecule has 8 rings (SSSR count). The van der Waals surface area contributed by atoms with Gasteiger partial charge in [0, 0.05) is 40.1 Å². The average molecular weight is 685 g/mol. The Bertz CT molecular complexity index is 1930. The number of hydrogen-bond donors (Lipinski definition) is 2. The number of ether oxygens (including phenoxy) is 1. The number of rotatable bonds is 5. The summed E-state index contributed by atoms with van der Waals surface area (Å²) in [6, 6.07) is 4.84. The molecule has 0 spiro atoms. The molecule has 0 radical (unpaired) electrons. The zero-order valence-corrected chi connectivity index (χ0v) is 27.4. The van der Waals surface area contributed by atoms with Crippen molar-refractivity contribution in [1.29, 1.82) is 5.26 Å². The van der Waals surface area contributed by atoms with Gasteiger partial charge in [-0.25, -0.2) is 13.2 Å². The normalized spacial score (nSPS) is 25.2. The minimum atomic E-state index is -0.908. The minimum Gasteiger partial charge on any atom is -0.461 e. The first-order chi connectivity index (χ1) is 22.3. The third-order valence-corrected chi connectivity index (χ3v) is 13.1. The first-order valence-corrected chi connectivity index (χ1v) is 18.0. The van der Waals surface area contributed by atoms with Gasteiger partial charge in [0.05, 0.1) is 26.5 Å². The smallest absolute Gasteiger partial charge is 0.317 e. The third kappa shape index (κ3) is 4.76. The summed E-state index contributed by atoms with van der Waals surface area (Å²) in [6.07, 6.45) is 4.05. The number of nitriles is 1. The maximum atomic E-state index is 17.2. The number of aromatic nitrogens is 2. The molecule has 0 bridgehead atoms. The summed E-state index contributed by atoms with van der Waals surface area (Å²) in [4.78, 5) is 12.5. The highest BCUT2D eigenvalue weighted by Gasteiger charge is 2.49. The largest absolute Gasteiger partial charge is 0.461 e. The Morgan fingerprint density at radius 3 is 2.83 bits per heavy atom. The summed E-state index contributed by atoms with van der Waals surface area (Å²) >= 11 is 9.64. The van der Waals surface area contributed by atoms with Gasteiger partial charge in [0.1, 0.15) is 35.2 Å². The fourth-order valence-electron chi connectivity index (χ4n) is 8.27. The van der Waals surface area contributed by atoms with Crippen LogP contribution in [0.3, 0.4) is 0 Å². The van der Waals surface area contributed by atoms with Crippen molar-refractivity contribution in [3.05, 3.63) is 40.0 Å². The molecule has 4 aromatic rings. The van der Waals surface area contributed by atoms with Crippen molar-refractivity contribution in [3.8, 4) is 23.2 Å². The molecule has 3 atom stereocenters. The Labute approximate surface area is 277 Å². The molecule has 3 fully saturated rings. The predicted octanol–water partition coefficient (Wildman–Crippen LogP) is 7.43. The molecular formula is C33H32ClF3N6OS2. The van der Waals surface area contributed by atoms with Crippen molar-refractivity contribution >= 4 is 60.7 Å². The van der Waals surface area contributed by atoms with E-state index in [1.165, 1.54) is 12.1 Å². The van der Waals surface area contributed by atoms with Crippen LogP contribution in [0.5, 0.6) is 6.01 Å². The lowest BCUT2D eigenvalue weighted by atomic mass is 9.80. The zero-order chi connectivity index (χ0) is 31.7. The number of alkyl halides is 1. The first kappa shape index (κ1) is 30.5. The number of piperidine rings is 1. The molecule has 0 aliphatic carbocycles. The highest BCUT2D eigenvalue weighted by atomic mass is 35.5. The molecule has 2 aromatic carbocycles. The number of hydrogen-bond acceptors (Lipinski definition) is 9. The lowest BCUT2D eigenvalue weighted by Gasteiger charge is -2.32.